The normalized spacial score (nSPS) is 32.1. The predicted molar refractivity (Wildman–Crippen MR) is 137 cm³/mol. The van der Waals surface area contributed by atoms with Gasteiger partial charge in [0.25, 0.3) is 0 Å². The second-order valence-corrected chi connectivity index (χ2v) is 12.8. The van der Waals surface area contributed by atoms with E-state index in [1.165, 1.54) is 49.3 Å². The predicted octanol–water partition coefficient (Wildman–Crippen LogP) is 7.91. The van der Waals surface area contributed by atoms with E-state index in [9.17, 15) is 0 Å². The number of hydrogen-bond acceptors (Lipinski definition) is 1. The zero-order valence-corrected chi connectivity index (χ0v) is 22.6. The Morgan fingerprint density at radius 1 is 0.812 bits per heavy atom. The fraction of sp³-hybridized carbons (Fsp3) is 0.571. The molecule has 4 aliphatic rings. The Morgan fingerprint density at radius 3 is 1.94 bits per heavy atom. The molecule has 4 aliphatic carbocycles. The van der Waals surface area contributed by atoms with Crippen LogP contribution in [0.5, 0.6) is 0 Å². The van der Waals surface area contributed by atoms with E-state index in [0.29, 0.717) is 5.02 Å². The van der Waals surface area contributed by atoms with Crippen LogP contribution < -0.4 is 4.90 Å². The minimum Gasteiger partial charge on any atom is -0.385 e. The van der Waals surface area contributed by atoms with E-state index in [2.05, 4.69) is 23.1 Å². The molecule has 4 saturated carbocycles. The Hall–Kier alpha value is -0.378. The van der Waals surface area contributed by atoms with Crippen LogP contribution in [0.1, 0.15) is 51.4 Å². The summed E-state index contributed by atoms with van der Waals surface area (Å²) in [6.45, 7) is 0. The average molecular weight is 559 g/mol. The van der Waals surface area contributed by atoms with Gasteiger partial charge in [-0.05, 0) is 84.6 Å². The van der Waals surface area contributed by atoms with Crippen LogP contribution in [0, 0.1) is 29.7 Å². The smallest absolute Gasteiger partial charge is 0.00539 e. The average Bonchev–Trinajstić information content (AvgIpc) is 3.56. The molecule has 0 heterocycles. The first-order valence-electron chi connectivity index (χ1n) is 12.3. The number of anilines is 1. The van der Waals surface area contributed by atoms with Crippen LogP contribution in [-0.4, -0.2) is 25.4 Å². The molecular weight excluding hydrogens is 523 g/mol. The molecule has 4 heteroatoms. The van der Waals surface area contributed by atoms with Crippen molar-refractivity contribution in [2.45, 2.75) is 62.7 Å². The topological polar surface area (TPSA) is 3.24 Å². The van der Waals surface area contributed by atoms with E-state index in [0.717, 1.165) is 11.1 Å². The third kappa shape index (κ3) is 5.47. The molecule has 32 heavy (non-hydrogen) atoms. The Kier molecular flexibility index (Phi) is 8.44. The van der Waals surface area contributed by atoms with Gasteiger partial charge in [-0.1, -0.05) is 36.6 Å². The van der Waals surface area contributed by atoms with Crippen LogP contribution in [0.3, 0.4) is 0 Å². The van der Waals surface area contributed by atoms with E-state index < -0.39 is 0 Å². The molecule has 0 saturated heterocycles. The number of benzene rings is 2. The van der Waals surface area contributed by atoms with Crippen molar-refractivity contribution in [1.29, 1.82) is 0 Å². The van der Waals surface area contributed by atoms with Crippen molar-refractivity contribution in [3.8, 4) is 11.1 Å². The fourth-order valence-corrected chi connectivity index (χ4v) is 9.68. The summed E-state index contributed by atoms with van der Waals surface area (Å²) >= 11 is 5.96. The summed E-state index contributed by atoms with van der Waals surface area (Å²) in [7, 11) is 5.44. The second kappa shape index (κ2) is 10.9. The van der Waals surface area contributed by atoms with Crippen molar-refractivity contribution in [2.75, 3.05) is 19.0 Å². The first-order chi connectivity index (χ1) is 15.1. The number of rotatable bonds is 4. The molecule has 2 aromatic rings. The van der Waals surface area contributed by atoms with Crippen molar-refractivity contribution in [3.05, 3.63) is 53.6 Å². The molecule has 7 atom stereocenters. The molecule has 0 N–H and O–H groups in total. The summed E-state index contributed by atoms with van der Waals surface area (Å²) in [5.74, 6) is 4.72. The number of fused-ring (bicyclic) bond motifs is 4. The first-order valence-corrected chi connectivity index (χ1v) is 13.8. The van der Waals surface area contributed by atoms with Gasteiger partial charge >= 0.3 is 0 Å². The largest absolute Gasteiger partial charge is 0.385 e. The maximum Gasteiger partial charge on any atom is 0.00539 e. The molecule has 176 valence electrons. The van der Waals surface area contributed by atoms with Crippen LogP contribution in [0.4, 0.5) is 5.69 Å². The van der Waals surface area contributed by atoms with Crippen molar-refractivity contribution in [1.82, 2.24) is 0 Å². The number of hydrogen-bond donors (Lipinski definition) is 0. The minimum atomic E-state index is 0. The summed E-state index contributed by atoms with van der Waals surface area (Å²) in [4.78, 5) is 2.09. The first kappa shape index (κ1) is 24.7. The maximum absolute atomic E-state index is 5.96. The third-order valence-electron chi connectivity index (χ3n) is 8.34. The zero-order valence-electron chi connectivity index (χ0n) is 19.3. The van der Waals surface area contributed by atoms with E-state index in [-0.39, 0.29) is 20.4 Å². The minimum absolute atomic E-state index is 0. The van der Waals surface area contributed by atoms with Gasteiger partial charge < -0.3 is 4.90 Å². The Balaban J connectivity index is 0.000000148. The molecule has 0 radical (unpaired) electrons. The van der Waals surface area contributed by atoms with Gasteiger partial charge in [0.1, 0.15) is 0 Å². The van der Waals surface area contributed by atoms with E-state index in [1.54, 1.807) is 51.4 Å². The Morgan fingerprint density at radius 2 is 1.44 bits per heavy atom. The molecular formula is C28H36ClNPPd-. The van der Waals surface area contributed by atoms with Crippen molar-refractivity contribution < 1.29 is 20.4 Å². The molecule has 2 aromatic carbocycles. The van der Waals surface area contributed by atoms with Crippen molar-refractivity contribution in [2.24, 2.45) is 23.7 Å². The molecule has 1 nitrogen and oxygen atoms in total. The Labute approximate surface area is 215 Å². The van der Waals surface area contributed by atoms with Gasteiger partial charge in [0, 0.05) is 40.2 Å². The van der Waals surface area contributed by atoms with Gasteiger partial charge in [-0.2, -0.15) is 0 Å². The third-order valence-corrected chi connectivity index (χ3v) is 10.8. The summed E-state index contributed by atoms with van der Waals surface area (Å²) in [5, 5.41) is 0.644. The van der Waals surface area contributed by atoms with Gasteiger partial charge in [0.2, 0.25) is 0 Å². The molecule has 0 amide bonds. The Bertz CT molecular complexity index is 877. The van der Waals surface area contributed by atoms with E-state index >= 15 is 0 Å². The van der Waals surface area contributed by atoms with Crippen molar-refractivity contribution in [3.63, 3.8) is 0 Å². The summed E-state index contributed by atoms with van der Waals surface area (Å²) in [5.41, 5.74) is 5.74. The van der Waals surface area contributed by atoms with Gasteiger partial charge in [0.05, 0.1) is 0 Å². The number of para-hydroxylation sites is 1. The maximum atomic E-state index is 5.96. The van der Waals surface area contributed by atoms with Gasteiger partial charge in [-0.15, -0.1) is 50.0 Å². The van der Waals surface area contributed by atoms with Crippen LogP contribution in [0.15, 0.2) is 42.5 Å². The molecule has 0 aromatic heterocycles. The van der Waals surface area contributed by atoms with Gasteiger partial charge in [-0.3, -0.25) is 0 Å². The molecule has 5 unspecified atom stereocenters. The molecule has 0 aliphatic heterocycles. The van der Waals surface area contributed by atoms with Crippen molar-refractivity contribution >= 4 is 25.9 Å². The summed E-state index contributed by atoms with van der Waals surface area (Å²) < 4.78 is 0. The SMILES string of the molecule is C1CC2CC1CC2PC1C[C@@H]2CC[C@H]1C2.CN(C)c1ccccc1-c1[c-]c(Cl)ccc1.[Pd]. The molecule has 6 rings (SSSR count). The second-order valence-electron chi connectivity index (χ2n) is 10.6. The van der Waals surface area contributed by atoms with Gasteiger partial charge in [0.15, 0.2) is 0 Å². The van der Waals surface area contributed by atoms with Crippen LogP contribution in [0.25, 0.3) is 11.1 Å². The monoisotopic (exact) mass is 558 g/mol. The van der Waals surface area contributed by atoms with E-state index in [1.807, 2.05) is 44.4 Å². The van der Waals surface area contributed by atoms with Gasteiger partial charge in [-0.25, -0.2) is 0 Å². The summed E-state index contributed by atoms with van der Waals surface area (Å²) in [6, 6.07) is 17.2. The number of nitrogens with zero attached hydrogens (tertiary/aromatic N) is 1. The van der Waals surface area contributed by atoms with E-state index in [4.69, 9.17) is 11.6 Å². The van der Waals surface area contributed by atoms with Crippen LogP contribution in [-0.2, 0) is 20.4 Å². The van der Waals surface area contributed by atoms with Crippen LogP contribution >= 0.6 is 20.2 Å². The standard InChI is InChI=1S/C14H13ClN.C14H23P.Pd/c1-16(2)14-9-4-3-8-13(14)11-6-5-7-12(15)10-11;1-3-11-5-9(1)7-13(11)15-14-8-10-2-4-12(14)6-10;/h3-9H,1-2H3;9-15H,1-8H2;/q-1;;/t;9-,10?,11+,12?,13?,14?;/m.1./s1. The molecule has 0 spiro atoms. The zero-order chi connectivity index (χ0) is 21.4. The molecule has 4 fully saturated rings. The molecule has 4 bridgehead atoms. The number of halogens is 1. The quantitative estimate of drug-likeness (QED) is 0.209. The summed E-state index contributed by atoms with van der Waals surface area (Å²) in [6.07, 6.45) is 12.9. The fourth-order valence-electron chi connectivity index (χ4n) is 6.86. The van der Waals surface area contributed by atoms with Crippen LogP contribution in [0.2, 0.25) is 5.02 Å².